The molecule has 5 heteroatoms. The number of urea groups is 1. The fourth-order valence-corrected chi connectivity index (χ4v) is 3.13. The number of nitrogens with one attached hydrogen (secondary N) is 3. The molecule has 0 radical (unpaired) electrons. The van der Waals surface area contributed by atoms with E-state index in [0.29, 0.717) is 18.7 Å². The molecule has 3 amide bonds. The highest BCUT2D eigenvalue weighted by Gasteiger charge is 2.22. The second kappa shape index (κ2) is 6.59. The smallest absolute Gasteiger partial charge is 0.319 e. The van der Waals surface area contributed by atoms with Gasteiger partial charge in [-0.05, 0) is 54.0 Å². The number of aryl methyl sites for hydroxylation is 1. The van der Waals surface area contributed by atoms with E-state index in [0.717, 1.165) is 29.2 Å². The Labute approximate surface area is 146 Å². The molecule has 25 heavy (non-hydrogen) atoms. The van der Waals surface area contributed by atoms with Crippen LogP contribution in [0.5, 0.6) is 0 Å². The summed E-state index contributed by atoms with van der Waals surface area (Å²) in [7, 11) is 0. The summed E-state index contributed by atoms with van der Waals surface area (Å²) in [6.45, 7) is 0.485. The Morgan fingerprint density at radius 3 is 2.64 bits per heavy atom. The van der Waals surface area contributed by atoms with Gasteiger partial charge in [-0.15, -0.1) is 0 Å². The van der Waals surface area contributed by atoms with Crippen molar-refractivity contribution < 1.29 is 9.59 Å². The van der Waals surface area contributed by atoms with Gasteiger partial charge in [-0.1, -0.05) is 30.3 Å². The van der Waals surface area contributed by atoms with Gasteiger partial charge >= 0.3 is 6.03 Å². The van der Waals surface area contributed by atoms with Crippen LogP contribution in [0.3, 0.4) is 0 Å². The van der Waals surface area contributed by atoms with E-state index in [-0.39, 0.29) is 11.9 Å². The maximum absolute atomic E-state index is 12.1. The zero-order chi connectivity index (χ0) is 17.2. The van der Waals surface area contributed by atoms with E-state index in [4.69, 9.17) is 0 Å². The van der Waals surface area contributed by atoms with Crippen molar-refractivity contribution in [2.24, 2.45) is 0 Å². The number of fused-ring (bicyclic) bond motifs is 1. The summed E-state index contributed by atoms with van der Waals surface area (Å²) in [5.41, 5.74) is 5.02. The first-order valence-electron chi connectivity index (χ1n) is 8.74. The molecule has 2 aliphatic rings. The lowest BCUT2D eigenvalue weighted by Crippen LogP contribution is -2.28. The molecule has 1 aliphatic carbocycles. The van der Waals surface area contributed by atoms with Crippen molar-refractivity contribution in [3.8, 4) is 0 Å². The fraction of sp³-hybridized carbons (Fsp3) is 0.300. The molecular formula is C20H21N3O2. The van der Waals surface area contributed by atoms with Crippen molar-refractivity contribution in [1.82, 2.24) is 5.32 Å². The second-order valence-electron chi connectivity index (χ2n) is 6.74. The van der Waals surface area contributed by atoms with Crippen LogP contribution in [-0.4, -0.2) is 11.9 Å². The largest absolute Gasteiger partial charge is 0.334 e. The average molecular weight is 335 g/mol. The van der Waals surface area contributed by atoms with Crippen molar-refractivity contribution >= 4 is 23.3 Å². The third kappa shape index (κ3) is 3.82. The van der Waals surface area contributed by atoms with Crippen LogP contribution < -0.4 is 16.0 Å². The molecule has 1 heterocycles. The first kappa shape index (κ1) is 15.7. The highest BCUT2D eigenvalue weighted by atomic mass is 16.2. The lowest BCUT2D eigenvalue weighted by atomic mass is 10.0. The summed E-state index contributed by atoms with van der Waals surface area (Å²) < 4.78 is 0. The minimum absolute atomic E-state index is 0.0174. The third-order valence-corrected chi connectivity index (χ3v) is 4.74. The lowest BCUT2D eigenvalue weighted by Gasteiger charge is -2.18. The number of anilines is 2. The van der Waals surface area contributed by atoms with E-state index in [1.54, 1.807) is 6.07 Å². The van der Waals surface area contributed by atoms with Crippen molar-refractivity contribution in [3.05, 3.63) is 59.2 Å². The fourth-order valence-electron chi connectivity index (χ4n) is 3.13. The zero-order valence-electron chi connectivity index (χ0n) is 14.0. The van der Waals surface area contributed by atoms with Crippen molar-refractivity contribution in [3.63, 3.8) is 0 Å². The van der Waals surface area contributed by atoms with Crippen molar-refractivity contribution in [1.29, 1.82) is 0 Å². The quantitative estimate of drug-likeness (QED) is 0.796. The number of amides is 3. The Hall–Kier alpha value is -2.82. The first-order chi connectivity index (χ1) is 12.2. The highest BCUT2D eigenvalue weighted by molar-refractivity contribution is 5.96. The summed E-state index contributed by atoms with van der Waals surface area (Å²) in [6, 6.07) is 13.8. The number of carbonyl (C=O) groups excluding carboxylic acids is 2. The molecule has 5 nitrogen and oxygen atoms in total. The maximum atomic E-state index is 12.1. The molecule has 128 valence electrons. The zero-order valence-corrected chi connectivity index (χ0v) is 14.0. The van der Waals surface area contributed by atoms with Crippen LogP contribution in [0.1, 0.15) is 41.9 Å². The van der Waals surface area contributed by atoms with E-state index in [9.17, 15) is 9.59 Å². The number of hydrogen-bond donors (Lipinski definition) is 3. The molecule has 0 spiro atoms. The van der Waals surface area contributed by atoms with Crippen LogP contribution in [-0.2, 0) is 17.8 Å². The molecule has 2 aromatic rings. The van der Waals surface area contributed by atoms with Crippen molar-refractivity contribution in [2.75, 3.05) is 10.6 Å². The summed E-state index contributed by atoms with van der Waals surface area (Å²) in [6.07, 6.45) is 3.84. The molecule has 0 bridgehead atoms. The van der Waals surface area contributed by atoms with Gasteiger partial charge in [0.15, 0.2) is 0 Å². The molecule has 0 unspecified atom stereocenters. The highest BCUT2D eigenvalue weighted by Crippen LogP contribution is 2.39. The van der Waals surface area contributed by atoms with E-state index in [1.807, 2.05) is 12.1 Å². The third-order valence-electron chi connectivity index (χ3n) is 4.74. The SMILES string of the molecule is O=C1CCc2ccc(NC(=O)NCc3ccc(C4CC4)cc3)cc2N1. The molecule has 0 aromatic heterocycles. The van der Waals surface area contributed by atoms with Gasteiger partial charge in [-0.25, -0.2) is 4.79 Å². The number of carbonyl (C=O) groups is 2. The van der Waals surface area contributed by atoms with Crippen molar-refractivity contribution in [2.45, 2.75) is 38.1 Å². The van der Waals surface area contributed by atoms with Crippen LogP contribution >= 0.6 is 0 Å². The first-order valence-corrected chi connectivity index (χ1v) is 8.74. The van der Waals surface area contributed by atoms with E-state index in [2.05, 4.69) is 40.2 Å². The van der Waals surface area contributed by atoms with Crippen LogP contribution in [0.4, 0.5) is 16.2 Å². The van der Waals surface area contributed by atoms with Gasteiger partial charge in [-0.2, -0.15) is 0 Å². The predicted molar refractivity (Wildman–Crippen MR) is 97.7 cm³/mol. The summed E-state index contributed by atoms with van der Waals surface area (Å²) in [5, 5.41) is 8.52. The topological polar surface area (TPSA) is 70.2 Å². The van der Waals surface area contributed by atoms with Gasteiger partial charge in [0.2, 0.25) is 5.91 Å². The van der Waals surface area contributed by atoms with Crippen LogP contribution in [0.25, 0.3) is 0 Å². The minimum atomic E-state index is -0.256. The van der Waals surface area contributed by atoms with Gasteiger partial charge in [0, 0.05) is 24.3 Å². The average Bonchev–Trinajstić information content (AvgIpc) is 3.45. The van der Waals surface area contributed by atoms with Crippen LogP contribution in [0.2, 0.25) is 0 Å². The summed E-state index contributed by atoms with van der Waals surface area (Å²) >= 11 is 0. The van der Waals surface area contributed by atoms with E-state index < -0.39 is 0 Å². The molecular weight excluding hydrogens is 314 g/mol. The Kier molecular flexibility index (Phi) is 4.14. The Bertz CT molecular complexity index is 810. The Balaban J connectivity index is 1.32. The molecule has 1 fully saturated rings. The second-order valence-corrected chi connectivity index (χ2v) is 6.74. The minimum Gasteiger partial charge on any atom is -0.334 e. The lowest BCUT2D eigenvalue weighted by molar-refractivity contribution is -0.116. The predicted octanol–water partition coefficient (Wildman–Crippen LogP) is 3.77. The van der Waals surface area contributed by atoms with Gasteiger partial charge in [0.25, 0.3) is 0 Å². The molecule has 1 aliphatic heterocycles. The van der Waals surface area contributed by atoms with Crippen LogP contribution in [0, 0.1) is 0 Å². The Morgan fingerprint density at radius 2 is 1.88 bits per heavy atom. The normalized spacial score (nSPS) is 15.9. The standard InChI is InChI=1S/C20H21N3O2/c24-19-10-8-16-7-9-17(11-18(16)23-19)22-20(25)21-12-13-1-3-14(4-2-13)15-5-6-15/h1-4,7,9,11,15H,5-6,8,10,12H2,(H,23,24)(H2,21,22,25). The number of hydrogen-bond acceptors (Lipinski definition) is 2. The molecule has 4 rings (SSSR count). The monoisotopic (exact) mass is 335 g/mol. The number of benzene rings is 2. The summed E-state index contributed by atoms with van der Waals surface area (Å²) in [5.74, 6) is 0.763. The number of rotatable bonds is 4. The van der Waals surface area contributed by atoms with Gasteiger partial charge in [0.05, 0.1) is 0 Å². The van der Waals surface area contributed by atoms with E-state index >= 15 is 0 Å². The Morgan fingerprint density at radius 1 is 1.08 bits per heavy atom. The van der Waals surface area contributed by atoms with E-state index in [1.165, 1.54) is 18.4 Å². The molecule has 1 saturated carbocycles. The molecule has 0 atom stereocenters. The van der Waals surface area contributed by atoms with Crippen LogP contribution in [0.15, 0.2) is 42.5 Å². The van der Waals surface area contributed by atoms with Gasteiger partial charge < -0.3 is 16.0 Å². The molecule has 2 aromatic carbocycles. The molecule has 0 saturated heterocycles. The summed E-state index contributed by atoms with van der Waals surface area (Å²) in [4.78, 5) is 23.6. The molecule has 3 N–H and O–H groups in total. The van der Waals surface area contributed by atoms with Gasteiger partial charge in [0.1, 0.15) is 0 Å². The van der Waals surface area contributed by atoms with Gasteiger partial charge in [-0.3, -0.25) is 4.79 Å². The maximum Gasteiger partial charge on any atom is 0.319 e.